The number of nitrogens with one attached hydrogen (secondary N) is 1. The third-order valence-electron chi connectivity index (χ3n) is 4.32. The molecule has 1 aliphatic rings. The van der Waals surface area contributed by atoms with Crippen LogP contribution in [0.5, 0.6) is 0 Å². The summed E-state index contributed by atoms with van der Waals surface area (Å²) in [6.45, 7) is 2.13. The first-order valence-corrected chi connectivity index (χ1v) is 10.4. The summed E-state index contributed by atoms with van der Waals surface area (Å²) >= 11 is 3.16. The van der Waals surface area contributed by atoms with E-state index in [-0.39, 0.29) is 17.1 Å². The molecule has 1 fully saturated rings. The van der Waals surface area contributed by atoms with Crippen molar-refractivity contribution in [1.29, 1.82) is 0 Å². The highest BCUT2D eigenvalue weighted by atomic mass is 79.9. The highest BCUT2D eigenvalue weighted by Crippen LogP contribution is 2.28. The fraction of sp³-hybridized carbons (Fsp3) is 0.278. The standard InChI is InChI=1S/C18H18BrFN2O3S/c1-12-4-7-14(8-5-12)26(24,25)22-10-2-3-17(22)18(23)21-16-9-6-13(19)11-15(16)20/h4-9,11,17H,2-3,10H2,1H3,(H,21,23). The third kappa shape index (κ3) is 3.82. The summed E-state index contributed by atoms with van der Waals surface area (Å²) < 4.78 is 41.5. The van der Waals surface area contributed by atoms with E-state index in [4.69, 9.17) is 0 Å². The minimum Gasteiger partial charge on any atom is -0.322 e. The van der Waals surface area contributed by atoms with E-state index in [1.165, 1.54) is 28.6 Å². The number of amides is 1. The Bertz CT molecular complexity index is 932. The zero-order valence-corrected chi connectivity index (χ0v) is 16.5. The van der Waals surface area contributed by atoms with Gasteiger partial charge in [0, 0.05) is 11.0 Å². The fourth-order valence-corrected chi connectivity index (χ4v) is 4.93. The predicted molar refractivity (Wildman–Crippen MR) is 101 cm³/mol. The van der Waals surface area contributed by atoms with Gasteiger partial charge < -0.3 is 5.32 Å². The van der Waals surface area contributed by atoms with Crippen LogP contribution in [0.4, 0.5) is 10.1 Å². The molecule has 26 heavy (non-hydrogen) atoms. The van der Waals surface area contributed by atoms with Crippen LogP contribution in [0, 0.1) is 12.7 Å². The van der Waals surface area contributed by atoms with Crippen molar-refractivity contribution in [3.05, 3.63) is 58.3 Å². The Labute approximate surface area is 160 Å². The molecule has 8 heteroatoms. The van der Waals surface area contributed by atoms with E-state index in [2.05, 4.69) is 21.2 Å². The Hall–Kier alpha value is -1.77. The lowest BCUT2D eigenvalue weighted by Gasteiger charge is -2.23. The molecular formula is C18H18BrFN2O3S. The predicted octanol–water partition coefficient (Wildman–Crippen LogP) is 3.69. The Kier molecular flexibility index (Phi) is 5.45. The molecule has 3 rings (SSSR count). The summed E-state index contributed by atoms with van der Waals surface area (Å²) in [6.07, 6.45) is 0.973. The minimum atomic E-state index is -3.79. The number of rotatable bonds is 4. The SMILES string of the molecule is Cc1ccc(S(=O)(=O)N2CCCC2C(=O)Nc2ccc(Br)cc2F)cc1. The van der Waals surface area contributed by atoms with Crippen molar-refractivity contribution in [3.8, 4) is 0 Å². The van der Waals surface area contributed by atoms with E-state index >= 15 is 0 Å². The zero-order valence-electron chi connectivity index (χ0n) is 14.1. The van der Waals surface area contributed by atoms with Crippen LogP contribution in [0.15, 0.2) is 51.8 Å². The molecule has 1 aliphatic heterocycles. The monoisotopic (exact) mass is 440 g/mol. The highest BCUT2D eigenvalue weighted by molar-refractivity contribution is 9.10. The Morgan fingerprint density at radius 2 is 1.92 bits per heavy atom. The van der Waals surface area contributed by atoms with Gasteiger partial charge in [-0.3, -0.25) is 4.79 Å². The number of anilines is 1. The van der Waals surface area contributed by atoms with Gasteiger partial charge >= 0.3 is 0 Å². The average molecular weight is 441 g/mol. The van der Waals surface area contributed by atoms with Gasteiger partial charge in [-0.1, -0.05) is 33.6 Å². The van der Waals surface area contributed by atoms with Crippen LogP contribution in [0.2, 0.25) is 0 Å². The van der Waals surface area contributed by atoms with Gasteiger partial charge in [-0.05, 0) is 50.1 Å². The molecule has 0 radical (unpaired) electrons. The first-order valence-electron chi connectivity index (χ1n) is 8.13. The average Bonchev–Trinajstić information content (AvgIpc) is 3.08. The second-order valence-electron chi connectivity index (χ2n) is 6.20. The maximum Gasteiger partial charge on any atom is 0.243 e. The van der Waals surface area contributed by atoms with Gasteiger partial charge in [-0.25, -0.2) is 12.8 Å². The van der Waals surface area contributed by atoms with Gasteiger partial charge in [-0.2, -0.15) is 4.31 Å². The summed E-state index contributed by atoms with van der Waals surface area (Å²) in [4.78, 5) is 12.7. The van der Waals surface area contributed by atoms with Crippen LogP contribution in [-0.2, 0) is 14.8 Å². The van der Waals surface area contributed by atoms with Crippen molar-refractivity contribution >= 4 is 37.5 Å². The van der Waals surface area contributed by atoms with Crippen molar-refractivity contribution in [1.82, 2.24) is 4.31 Å². The molecule has 138 valence electrons. The topological polar surface area (TPSA) is 66.5 Å². The number of aryl methyl sites for hydroxylation is 1. The lowest BCUT2D eigenvalue weighted by atomic mass is 10.2. The van der Waals surface area contributed by atoms with Gasteiger partial charge in [0.15, 0.2) is 0 Å². The maximum atomic E-state index is 14.0. The van der Waals surface area contributed by atoms with E-state index in [0.29, 0.717) is 17.3 Å². The second kappa shape index (κ2) is 7.46. The maximum absolute atomic E-state index is 14.0. The van der Waals surface area contributed by atoms with Gasteiger partial charge in [0.05, 0.1) is 10.6 Å². The molecule has 0 saturated carbocycles. The summed E-state index contributed by atoms with van der Waals surface area (Å²) in [6, 6.07) is 9.93. The number of hydrogen-bond donors (Lipinski definition) is 1. The van der Waals surface area contributed by atoms with Crippen molar-refractivity contribution in [2.75, 3.05) is 11.9 Å². The molecule has 1 saturated heterocycles. The van der Waals surface area contributed by atoms with Crippen molar-refractivity contribution < 1.29 is 17.6 Å². The largest absolute Gasteiger partial charge is 0.322 e. The summed E-state index contributed by atoms with van der Waals surface area (Å²) in [5, 5.41) is 2.50. The van der Waals surface area contributed by atoms with Gasteiger partial charge in [0.25, 0.3) is 0 Å². The smallest absolute Gasteiger partial charge is 0.243 e. The van der Waals surface area contributed by atoms with Crippen molar-refractivity contribution in [3.63, 3.8) is 0 Å². The zero-order chi connectivity index (χ0) is 18.9. The highest BCUT2D eigenvalue weighted by Gasteiger charge is 2.39. The normalized spacial score (nSPS) is 18.0. The van der Waals surface area contributed by atoms with E-state index in [9.17, 15) is 17.6 Å². The van der Waals surface area contributed by atoms with Crippen LogP contribution >= 0.6 is 15.9 Å². The molecule has 0 bridgehead atoms. The fourth-order valence-electron chi connectivity index (χ4n) is 2.94. The van der Waals surface area contributed by atoms with Crippen molar-refractivity contribution in [2.24, 2.45) is 0 Å². The Balaban J connectivity index is 1.83. The van der Waals surface area contributed by atoms with Crippen LogP contribution < -0.4 is 5.32 Å². The minimum absolute atomic E-state index is 0.0257. The van der Waals surface area contributed by atoms with Crippen LogP contribution in [0.25, 0.3) is 0 Å². The third-order valence-corrected chi connectivity index (χ3v) is 6.74. The van der Waals surface area contributed by atoms with Gasteiger partial charge in [0.2, 0.25) is 15.9 Å². The lowest BCUT2D eigenvalue weighted by Crippen LogP contribution is -2.43. The molecule has 0 aromatic heterocycles. The van der Waals surface area contributed by atoms with Crippen LogP contribution in [0.1, 0.15) is 18.4 Å². The number of nitrogens with zero attached hydrogens (tertiary/aromatic N) is 1. The summed E-state index contributed by atoms with van der Waals surface area (Å²) in [5.41, 5.74) is 0.975. The lowest BCUT2D eigenvalue weighted by molar-refractivity contribution is -0.119. The van der Waals surface area contributed by atoms with Gasteiger partial charge in [-0.15, -0.1) is 0 Å². The molecule has 2 aromatic rings. The van der Waals surface area contributed by atoms with Crippen LogP contribution in [0.3, 0.4) is 0 Å². The Morgan fingerprint density at radius 3 is 2.58 bits per heavy atom. The molecule has 0 spiro atoms. The Morgan fingerprint density at radius 1 is 1.23 bits per heavy atom. The first-order chi connectivity index (χ1) is 12.3. The molecule has 1 atom stereocenters. The molecular weight excluding hydrogens is 423 g/mol. The van der Waals surface area contributed by atoms with E-state index in [0.717, 1.165) is 5.56 Å². The van der Waals surface area contributed by atoms with Gasteiger partial charge in [0.1, 0.15) is 11.9 Å². The molecule has 5 nitrogen and oxygen atoms in total. The second-order valence-corrected chi connectivity index (χ2v) is 9.01. The quantitative estimate of drug-likeness (QED) is 0.787. The van der Waals surface area contributed by atoms with Crippen LogP contribution in [-0.4, -0.2) is 31.2 Å². The van der Waals surface area contributed by atoms with Crippen molar-refractivity contribution in [2.45, 2.75) is 30.7 Å². The molecule has 1 N–H and O–H groups in total. The number of hydrogen-bond acceptors (Lipinski definition) is 3. The molecule has 1 unspecified atom stereocenters. The summed E-state index contributed by atoms with van der Waals surface area (Å²) in [5.74, 6) is -1.11. The first kappa shape index (κ1) is 19.0. The number of benzene rings is 2. The van der Waals surface area contributed by atoms with E-state index < -0.39 is 27.8 Å². The van der Waals surface area contributed by atoms with E-state index in [1.807, 2.05) is 6.92 Å². The number of carbonyl (C=O) groups is 1. The molecule has 0 aliphatic carbocycles. The summed E-state index contributed by atoms with van der Waals surface area (Å²) in [7, 11) is -3.79. The molecule has 2 aromatic carbocycles. The number of halogens is 2. The number of sulfonamides is 1. The molecule has 1 heterocycles. The number of carbonyl (C=O) groups excluding carboxylic acids is 1. The van der Waals surface area contributed by atoms with E-state index in [1.54, 1.807) is 18.2 Å². The molecule has 1 amide bonds.